The van der Waals surface area contributed by atoms with Crippen molar-refractivity contribution in [3.63, 3.8) is 0 Å². The van der Waals surface area contributed by atoms with Crippen LogP contribution >= 0.6 is 0 Å². The van der Waals surface area contributed by atoms with Gasteiger partial charge in [0.15, 0.2) is 0 Å². The summed E-state index contributed by atoms with van der Waals surface area (Å²) >= 11 is 0. The van der Waals surface area contributed by atoms with Crippen molar-refractivity contribution in [3.8, 4) is 5.88 Å². The predicted molar refractivity (Wildman–Crippen MR) is 74.3 cm³/mol. The van der Waals surface area contributed by atoms with Crippen molar-refractivity contribution in [1.82, 2.24) is 15.0 Å². The molecule has 2 aromatic heterocycles. The number of ether oxygens (including phenoxy) is 1. The predicted octanol–water partition coefficient (Wildman–Crippen LogP) is 1.92. The van der Waals surface area contributed by atoms with E-state index in [1.54, 1.807) is 6.20 Å². The van der Waals surface area contributed by atoms with E-state index < -0.39 is 0 Å². The first kappa shape index (κ1) is 13.1. The molecule has 0 saturated heterocycles. The molecule has 2 rings (SSSR count). The van der Waals surface area contributed by atoms with Crippen LogP contribution < -0.4 is 15.4 Å². The molecule has 2 N–H and O–H groups in total. The Balaban J connectivity index is 2.05. The Bertz CT molecular complexity index is 532. The third-order valence-corrected chi connectivity index (χ3v) is 2.51. The molecule has 0 spiro atoms. The molecule has 0 bridgehead atoms. The summed E-state index contributed by atoms with van der Waals surface area (Å²) in [5, 5.41) is 6.19. The molecule has 0 amide bonds. The lowest BCUT2D eigenvalue weighted by Gasteiger charge is -2.10. The number of hydrogen-bond donors (Lipinski definition) is 2. The van der Waals surface area contributed by atoms with Crippen molar-refractivity contribution in [1.29, 1.82) is 0 Å². The van der Waals surface area contributed by atoms with Gasteiger partial charge in [0.2, 0.25) is 5.88 Å². The highest BCUT2D eigenvalue weighted by Crippen LogP contribution is 2.16. The van der Waals surface area contributed by atoms with Crippen LogP contribution in [0.4, 0.5) is 11.6 Å². The average Bonchev–Trinajstić information content (AvgIpc) is 2.47. The zero-order valence-electron chi connectivity index (χ0n) is 11.1. The fraction of sp³-hybridized carbons (Fsp3) is 0.308. The van der Waals surface area contributed by atoms with Gasteiger partial charge in [-0.15, -0.1) is 0 Å². The SMILES string of the molecule is CCOc1ncccc1CNc1cc(NC)ncn1. The quantitative estimate of drug-likeness (QED) is 0.826. The molecular formula is C13H17N5O. The summed E-state index contributed by atoms with van der Waals surface area (Å²) < 4.78 is 5.47. The first-order valence-corrected chi connectivity index (χ1v) is 6.14. The summed E-state index contributed by atoms with van der Waals surface area (Å²) in [6.45, 7) is 3.14. The Labute approximate surface area is 112 Å². The normalized spacial score (nSPS) is 10.0. The summed E-state index contributed by atoms with van der Waals surface area (Å²) in [4.78, 5) is 12.4. The van der Waals surface area contributed by atoms with Crippen LogP contribution in [0.25, 0.3) is 0 Å². The zero-order chi connectivity index (χ0) is 13.5. The molecule has 2 aromatic rings. The van der Waals surface area contributed by atoms with E-state index in [1.165, 1.54) is 6.33 Å². The lowest BCUT2D eigenvalue weighted by Crippen LogP contribution is -2.06. The largest absolute Gasteiger partial charge is 0.478 e. The number of nitrogens with zero attached hydrogens (tertiary/aromatic N) is 3. The number of pyridine rings is 1. The monoisotopic (exact) mass is 259 g/mol. The Hall–Kier alpha value is -2.37. The standard InChI is InChI=1S/C13H17N5O/c1-3-19-13-10(5-4-6-15-13)8-16-12-7-11(14-2)17-9-18-12/h4-7,9H,3,8H2,1-2H3,(H2,14,16,17,18). The van der Waals surface area contributed by atoms with Gasteiger partial charge in [-0.3, -0.25) is 0 Å². The van der Waals surface area contributed by atoms with Gasteiger partial charge in [0, 0.05) is 31.4 Å². The molecule has 0 aliphatic rings. The van der Waals surface area contributed by atoms with Crippen LogP contribution in [0.15, 0.2) is 30.7 Å². The molecule has 0 unspecified atom stereocenters. The molecule has 0 saturated carbocycles. The lowest BCUT2D eigenvalue weighted by atomic mass is 10.2. The van der Waals surface area contributed by atoms with Gasteiger partial charge in [-0.05, 0) is 13.0 Å². The van der Waals surface area contributed by atoms with Crippen LogP contribution in [0.1, 0.15) is 12.5 Å². The van der Waals surface area contributed by atoms with E-state index in [1.807, 2.05) is 32.2 Å². The van der Waals surface area contributed by atoms with E-state index in [4.69, 9.17) is 4.74 Å². The number of hydrogen-bond acceptors (Lipinski definition) is 6. The highest BCUT2D eigenvalue weighted by molar-refractivity contribution is 5.46. The zero-order valence-corrected chi connectivity index (χ0v) is 11.1. The number of nitrogens with one attached hydrogen (secondary N) is 2. The summed E-state index contributed by atoms with van der Waals surface area (Å²) in [6.07, 6.45) is 3.24. The summed E-state index contributed by atoms with van der Waals surface area (Å²) in [5.41, 5.74) is 0.994. The van der Waals surface area contributed by atoms with Crippen LogP contribution in [-0.4, -0.2) is 28.6 Å². The molecule has 0 aliphatic heterocycles. The van der Waals surface area contributed by atoms with Crippen LogP contribution in [0.3, 0.4) is 0 Å². The molecule has 0 radical (unpaired) electrons. The summed E-state index contributed by atoms with van der Waals surface area (Å²) in [5.74, 6) is 2.18. The third kappa shape index (κ3) is 3.54. The van der Waals surface area contributed by atoms with Gasteiger partial charge in [-0.2, -0.15) is 0 Å². The fourth-order valence-electron chi connectivity index (χ4n) is 1.60. The maximum Gasteiger partial charge on any atom is 0.218 e. The van der Waals surface area contributed by atoms with Crippen molar-refractivity contribution in [2.45, 2.75) is 13.5 Å². The molecule has 2 heterocycles. The smallest absolute Gasteiger partial charge is 0.218 e. The Morgan fingerprint density at radius 3 is 2.84 bits per heavy atom. The highest BCUT2D eigenvalue weighted by Gasteiger charge is 2.04. The van der Waals surface area contributed by atoms with Gasteiger partial charge in [0.05, 0.1) is 6.61 Å². The minimum Gasteiger partial charge on any atom is -0.478 e. The number of aromatic nitrogens is 3. The molecule has 6 nitrogen and oxygen atoms in total. The van der Waals surface area contributed by atoms with E-state index in [2.05, 4.69) is 25.6 Å². The van der Waals surface area contributed by atoms with Gasteiger partial charge in [0.1, 0.15) is 18.0 Å². The first-order valence-electron chi connectivity index (χ1n) is 6.14. The van der Waals surface area contributed by atoms with Gasteiger partial charge >= 0.3 is 0 Å². The average molecular weight is 259 g/mol. The van der Waals surface area contributed by atoms with Crippen LogP contribution in [0.2, 0.25) is 0 Å². The minimum atomic E-state index is 0.599. The van der Waals surface area contributed by atoms with Crippen molar-refractivity contribution in [2.75, 3.05) is 24.3 Å². The third-order valence-electron chi connectivity index (χ3n) is 2.51. The van der Waals surface area contributed by atoms with Crippen LogP contribution in [-0.2, 0) is 6.54 Å². The Morgan fingerprint density at radius 2 is 2.05 bits per heavy atom. The number of anilines is 2. The summed E-state index contributed by atoms with van der Waals surface area (Å²) in [7, 11) is 1.82. The van der Waals surface area contributed by atoms with Crippen LogP contribution in [0.5, 0.6) is 5.88 Å². The lowest BCUT2D eigenvalue weighted by molar-refractivity contribution is 0.323. The van der Waals surface area contributed by atoms with E-state index in [-0.39, 0.29) is 0 Å². The van der Waals surface area contributed by atoms with Crippen molar-refractivity contribution >= 4 is 11.6 Å². The molecule has 6 heteroatoms. The van der Waals surface area contributed by atoms with Crippen molar-refractivity contribution in [3.05, 3.63) is 36.3 Å². The molecule has 0 atom stereocenters. The van der Waals surface area contributed by atoms with Gasteiger partial charge in [-0.25, -0.2) is 15.0 Å². The van der Waals surface area contributed by atoms with Crippen molar-refractivity contribution < 1.29 is 4.74 Å². The van der Waals surface area contributed by atoms with E-state index in [0.717, 1.165) is 17.2 Å². The molecule has 0 aliphatic carbocycles. The molecule has 0 aromatic carbocycles. The Kier molecular flexibility index (Phi) is 4.49. The summed E-state index contributed by atoms with van der Waals surface area (Å²) in [6, 6.07) is 5.71. The fourth-order valence-corrected chi connectivity index (χ4v) is 1.60. The van der Waals surface area contributed by atoms with Gasteiger partial charge in [0.25, 0.3) is 0 Å². The number of rotatable bonds is 6. The highest BCUT2D eigenvalue weighted by atomic mass is 16.5. The topological polar surface area (TPSA) is 72.0 Å². The van der Waals surface area contributed by atoms with E-state index in [9.17, 15) is 0 Å². The maximum absolute atomic E-state index is 5.47. The second-order valence-corrected chi connectivity index (χ2v) is 3.79. The van der Waals surface area contributed by atoms with E-state index in [0.29, 0.717) is 19.0 Å². The first-order chi connectivity index (χ1) is 9.33. The molecule has 100 valence electrons. The Morgan fingerprint density at radius 1 is 1.21 bits per heavy atom. The second-order valence-electron chi connectivity index (χ2n) is 3.79. The minimum absolute atomic E-state index is 0.599. The molecular weight excluding hydrogens is 242 g/mol. The maximum atomic E-state index is 5.47. The van der Waals surface area contributed by atoms with Crippen LogP contribution in [0, 0.1) is 0 Å². The van der Waals surface area contributed by atoms with Gasteiger partial charge in [-0.1, -0.05) is 6.07 Å². The molecule has 19 heavy (non-hydrogen) atoms. The van der Waals surface area contributed by atoms with E-state index >= 15 is 0 Å². The molecule has 0 fully saturated rings. The van der Waals surface area contributed by atoms with Gasteiger partial charge < -0.3 is 15.4 Å². The van der Waals surface area contributed by atoms with Crippen molar-refractivity contribution in [2.24, 2.45) is 0 Å². The second kappa shape index (κ2) is 6.53.